The van der Waals surface area contributed by atoms with Gasteiger partial charge in [0.05, 0.1) is 12.7 Å². The molecule has 0 spiro atoms. The van der Waals surface area contributed by atoms with Crippen molar-refractivity contribution in [2.24, 2.45) is 0 Å². The van der Waals surface area contributed by atoms with Gasteiger partial charge >= 0.3 is 0 Å². The van der Waals surface area contributed by atoms with E-state index in [0.717, 1.165) is 6.42 Å². The second-order valence-electron chi connectivity index (χ2n) is 4.95. The van der Waals surface area contributed by atoms with Crippen LogP contribution in [0.25, 0.3) is 0 Å². The number of unbranched alkanes of at least 4 members (excludes halogenated alkanes) is 9. The first kappa shape index (κ1) is 18.3. The normalized spacial score (nSPS) is 12.8. The van der Waals surface area contributed by atoms with E-state index in [-0.39, 0.29) is 6.61 Å². The van der Waals surface area contributed by atoms with E-state index in [1.807, 2.05) is 0 Å². The van der Waals surface area contributed by atoms with Crippen LogP contribution in [0.15, 0.2) is 0 Å². The summed E-state index contributed by atoms with van der Waals surface area (Å²) in [7, 11) is 0. The molecule has 1 atom stereocenters. The van der Waals surface area contributed by atoms with Gasteiger partial charge in [-0.25, -0.2) is 0 Å². The molecule has 109 valence electrons. The molecular formula is C15H31O2S. The maximum atomic E-state index is 9.13. The van der Waals surface area contributed by atoms with Gasteiger partial charge in [0.1, 0.15) is 0 Å². The number of thioether (sulfide) groups is 1. The Morgan fingerprint density at radius 1 is 0.944 bits per heavy atom. The van der Waals surface area contributed by atoms with E-state index in [1.165, 1.54) is 57.8 Å². The van der Waals surface area contributed by atoms with Crippen molar-refractivity contribution >= 4 is 11.8 Å². The molecule has 0 aliphatic heterocycles. The van der Waals surface area contributed by atoms with Crippen LogP contribution in [0.2, 0.25) is 0 Å². The zero-order chi connectivity index (χ0) is 13.5. The minimum absolute atomic E-state index is 0.126. The van der Waals surface area contributed by atoms with Crippen molar-refractivity contribution in [1.29, 1.82) is 0 Å². The minimum atomic E-state index is -0.561. The van der Waals surface area contributed by atoms with Gasteiger partial charge < -0.3 is 10.2 Å². The number of rotatable bonds is 14. The highest BCUT2D eigenvalue weighted by Crippen LogP contribution is 2.15. The average molecular weight is 275 g/mol. The Labute approximate surface area is 118 Å². The minimum Gasteiger partial charge on any atom is -0.394 e. The van der Waals surface area contributed by atoms with Crippen molar-refractivity contribution in [3.05, 3.63) is 5.75 Å². The van der Waals surface area contributed by atoms with Crippen LogP contribution >= 0.6 is 11.8 Å². The van der Waals surface area contributed by atoms with Crippen molar-refractivity contribution in [2.45, 2.75) is 77.2 Å². The van der Waals surface area contributed by atoms with Crippen molar-refractivity contribution in [1.82, 2.24) is 0 Å². The van der Waals surface area contributed by atoms with E-state index in [9.17, 15) is 0 Å². The van der Waals surface area contributed by atoms with Crippen LogP contribution in [0.3, 0.4) is 0 Å². The highest BCUT2D eigenvalue weighted by Gasteiger charge is 2.01. The molecule has 0 bridgehead atoms. The van der Waals surface area contributed by atoms with Crippen molar-refractivity contribution < 1.29 is 10.2 Å². The quantitative estimate of drug-likeness (QED) is 0.468. The zero-order valence-electron chi connectivity index (χ0n) is 11.9. The Bertz CT molecular complexity index is 153. The second kappa shape index (κ2) is 15.3. The molecule has 0 aromatic rings. The Balaban J connectivity index is 2.94. The second-order valence-corrected chi connectivity index (χ2v) is 5.95. The predicted octanol–water partition coefficient (Wildman–Crippen LogP) is 4.16. The maximum absolute atomic E-state index is 9.13. The van der Waals surface area contributed by atoms with Crippen LogP contribution < -0.4 is 0 Å². The maximum Gasteiger partial charge on any atom is 0.0861 e. The predicted molar refractivity (Wildman–Crippen MR) is 81.7 cm³/mol. The molecule has 0 saturated heterocycles. The molecule has 1 radical (unpaired) electrons. The van der Waals surface area contributed by atoms with E-state index < -0.39 is 6.10 Å². The summed E-state index contributed by atoms with van der Waals surface area (Å²) in [5.41, 5.74) is 0. The first-order chi connectivity index (χ1) is 8.81. The molecule has 0 aromatic heterocycles. The SMILES string of the molecule is CCCCCCCCCCC[CH]SCC(O)CO. The summed E-state index contributed by atoms with van der Waals surface area (Å²) in [6, 6.07) is 0. The summed E-state index contributed by atoms with van der Waals surface area (Å²) in [4.78, 5) is 0. The number of aliphatic hydroxyl groups is 2. The molecule has 0 amide bonds. The van der Waals surface area contributed by atoms with Crippen molar-refractivity contribution in [3.8, 4) is 0 Å². The smallest absolute Gasteiger partial charge is 0.0861 e. The Kier molecular flexibility index (Phi) is 15.6. The average Bonchev–Trinajstić information content (AvgIpc) is 2.39. The van der Waals surface area contributed by atoms with Crippen molar-refractivity contribution in [2.75, 3.05) is 12.4 Å². The van der Waals surface area contributed by atoms with Crippen LogP contribution in [-0.2, 0) is 0 Å². The van der Waals surface area contributed by atoms with Gasteiger partial charge in [-0.3, -0.25) is 0 Å². The van der Waals surface area contributed by atoms with Crippen molar-refractivity contribution in [3.63, 3.8) is 0 Å². The van der Waals surface area contributed by atoms with Crippen LogP contribution in [-0.4, -0.2) is 28.7 Å². The first-order valence-corrected chi connectivity index (χ1v) is 8.58. The summed E-state index contributed by atoms with van der Waals surface area (Å²) >= 11 is 1.63. The monoisotopic (exact) mass is 275 g/mol. The van der Waals surface area contributed by atoms with E-state index in [1.54, 1.807) is 11.8 Å². The summed E-state index contributed by atoms with van der Waals surface area (Å²) in [6.45, 7) is 2.13. The van der Waals surface area contributed by atoms with E-state index in [0.29, 0.717) is 5.75 Å². The molecule has 2 N–H and O–H groups in total. The van der Waals surface area contributed by atoms with E-state index >= 15 is 0 Å². The van der Waals surface area contributed by atoms with E-state index in [2.05, 4.69) is 12.7 Å². The molecular weight excluding hydrogens is 244 g/mol. The lowest BCUT2D eigenvalue weighted by Crippen LogP contribution is -2.14. The largest absolute Gasteiger partial charge is 0.394 e. The Morgan fingerprint density at radius 2 is 1.50 bits per heavy atom. The fourth-order valence-corrected chi connectivity index (χ4v) is 2.65. The Hall–Kier alpha value is 0.270. The van der Waals surface area contributed by atoms with Gasteiger partial charge in [0.2, 0.25) is 0 Å². The van der Waals surface area contributed by atoms with Crippen LogP contribution in [0.1, 0.15) is 71.1 Å². The van der Waals surface area contributed by atoms with Gasteiger partial charge in [0, 0.05) is 11.5 Å². The molecule has 0 aromatic carbocycles. The summed E-state index contributed by atoms with van der Waals surface area (Å²) in [5, 5.41) is 17.8. The van der Waals surface area contributed by atoms with Crippen LogP contribution in [0.5, 0.6) is 0 Å². The fourth-order valence-electron chi connectivity index (χ4n) is 1.85. The lowest BCUT2D eigenvalue weighted by atomic mass is 10.1. The lowest BCUT2D eigenvalue weighted by Gasteiger charge is -2.06. The zero-order valence-corrected chi connectivity index (χ0v) is 12.8. The molecule has 0 aliphatic rings. The molecule has 0 heterocycles. The molecule has 3 heteroatoms. The topological polar surface area (TPSA) is 40.5 Å². The Morgan fingerprint density at radius 3 is 2.06 bits per heavy atom. The van der Waals surface area contributed by atoms with Gasteiger partial charge in [-0.1, -0.05) is 64.7 Å². The third-order valence-electron chi connectivity index (χ3n) is 3.04. The summed E-state index contributed by atoms with van der Waals surface area (Å²) in [6.07, 6.45) is 12.9. The number of hydrogen-bond acceptors (Lipinski definition) is 3. The summed E-state index contributed by atoms with van der Waals surface area (Å²) < 4.78 is 0. The highest BCUT2D eigenvalue weighted by atomic mass is 32.2. The highest BCUT2D eigenvalue weighted by molar-refractivity contribution is 8.01. The molecule has 1 unspecified atom stereocenters. The number of aliphatic hydroxyl groups excluding tert-OH is 2. The third-order valence-corrected chi connectivity index (χ3v) is 4.09. The molecule has 18 heavy (non-hydrogen) atoms. The van der Waals surface area contributed by atoms with Gasteiger partial charge in [-0.05, 0) is 6.42 Å². The molecule has 2 nitrogen and oxygen atoms in total. The molecule has 0 aliphatic carbocycles. The van der Waals surface area contributed by atoms with Gasteiger partial charge in [-0.2, -0.15) is 11.8 Å². The standard InChI is InChI=1S/C15H31O2S/c1-2-3-4-5-6-7-8-9-10-11-12-18-14-15(17)13-16/h12,15-17H,2-11,13-14H2,1H3. The molecule has 0 fully saturated rings. The molecule has 0 saturated carbocycles. The van der Waals surface area contributed by atoms with Gasteiger partial charge in [0.15, 0.2) is 0 Å². The fraction of sp³-hybridized carbons (Fsp3) is 0.933. The molecule has 0 rings (SSSR count). The third kappa shape index (κ3) is 14.3. The van der Waals surface area contributed by atoms with Crippen LogP contribution in [0.4, 0.5) is 0 Å². The lowest BCUT2D eigenvalue weighted by molar-refractivity contribution is 0.113. The summed E-state index contributed by atoms with van der Waals surface area (Å²) in [5.74, 6) is 2.79. The first-order valence-electron chi connectivity index (χ1n) is 7.53. The van der Waals surface area contributed by atoms with Gasteiger partial charge in [-0.15, -0.1) is 0 Å². The van der Waals surface area contributed by atoms with E-state index in [4.69, 9.17) is 10.2 Å². The number of hydrogen-bond donors (Lipinski definition) is 2. The van der Waals surface area contributed by atoms with Gasteiger partial charge in [0.25, 0.3) is 0 Å². The van der Waals surface area contributed by atoms with Crippen LogP contribution in [0, 0.1) is 5.75 Å².